The zero-order valence-corrected chi connectivity index (χ0v) is 17.7. The first kappa shape index (κ1) is 20.0. The van der Waals surface area contributed by atoms with Crippen LogP contribution in [0.1, 0.15) is 50.5 Å². The number of rotatable bonds is 6. The van der Waals surface area contributed by atoms with E-state index in [0.717, 1.165) is 41.0 Å². The zero-order valence-electron chi connectivity index (χ0n) is 17.7. The van der Waals surface area contributed by atoms with E-state index in [1.807, 2.05) is 67.3 Å². The van der Waals surface area contributed by atoms with Crippen molar-refractivity contribution in [2.24, 2.45) is 0 Å². The summed E-state index contributed by atoms with van der Waals surface area (Å²) in [5, 5.41) is 2.63. The van der Waals surface area contributed by atoms with Crippen LogP contribution in [0, 0.1) is 13.8 Å². The number of hydrogen-bond acceptors (Lipinski definition) is 2. The molecule has 4 rings (SSSR count). The molecule has 0 atom stereocenters. The maximum absolute atomic E-state index is 13.5. The van der Waals surface area contributed by atoms with Gasteiger partial charge in [-0.05, 0) is 62.6 Å². The van der Waals surface area contributed by atoms with Crippen molar-refractivity contribution >= 4 is 11.8 Å². The molecule has 154 valence electrons. The van der Waals surface area contributed by atoms with Crippen molar-refractivity contribution in [3.8, 4) is 5.69 Å². The first-order valence-electron chi connectivity index (χ1n) is 10.4. The molecule has 1 aliphatic carbocycles. The molecule has 0 radical (unpaired) electrons. The van der Waals surface area contributed by atoms with E-state index in [9.17, 15) is 9.59 Å². The fourth-order valence-electron chi connectivity index (χ4n) is 3.96. The summed E-state index contributed by atoms with van der Waals surface area (Å²) in [4.78, 5) is 27.3. The maximum Gasteiger partial charge on any atom is 0.256 e. The minimum absolute atomic E-state index is 0.0724. The van der Waals surface area contributed by atoms with E-state index in [1.54, 1.807) is 7.05 Å². The highest BCUT2D eigenvalue weighted by atomic mass is 16.2. The van der Waals surface area contributed by atoms with Gasteiger partial charge in [0.25, 0.3) is 11.8 Å². The van der Waals surface area contributed by atoms with Crippen LogP contribution in [0.25, 0.3) is 5.69 Å². The summed E-state index contributed by atoms with van der Waals surface area (Å²) < 4.78 is 2.14. The molecule has 1 heterocycles. The molecule has 0 saturated heterocycles. The lowest BCUT2D eigenvalue weighted by atomic mass is 10.1. The largest absolute Gasteiger partial charge is 0.355 e. The third kappa shape index (κ3) is 3.88. The van der Waals surface area contributed by atoms with Crippen molar-refractivity contribution in [3.63, 3.8) is 0 Å². The van der Waals surface area contributed by atoms with Gasteiger partial charge in [-0.25, -0.2) is 0 Å². The molecule has 0 aliphatic heterocycles. The van der Waals surface area contributed by atoms with E-state index in [2.05, 4.69) is 22.0 Å². The predicted octanol–water partition coefficient (Wildman–Crippen LogP) is 4.26. The molecule has 5 nitrogen and oxygen atoms in total. The molecule has 1 aliphatic rings. The average molecular weight is 402 g/mol. The van der Waals surface area contributed by atoms with Crippen molar-refractivity contribution in [1.82, 2.24) is 14.8 Å². The molecule has 0 unspecified atom stereocenters. The molecule has 1 fully saturated rings. The van der Waals surface area contributed by atoms with Crippen LogP contribution in [0.2, 0.25) is 0 Å². The highest BCUT2D eigenvalue weighted by Crippen LogP contribution is 2.31. The fourth-order valence-corrected chi connectivity index (χ4v) is 3.96. The second-order valence-electron chi connectivity index (χ2n) is 7.90. The van der Waals surface area contributed by atoms with Gasteiger partial charge in [-0.3, -0.25) is 9.59 Å². The zero-order chi connectivity index (χ0) is 21.3. The van der Waals surface area contributed by atoms with E-state index in [4.69, 9.17) is 0 Å². The van der Waals surface area contributed by atoms with E-state index >= 15 is 0 Å². The minimum atomic E-state index is -0.106. The van der Waals surface area contributed by atoms with Crippen molar-refractivity contribution in [2.45, 2.75) is 39.3 Å². The van der Waals surface area contributed by atoms with Gasteiger partial charge >= 0.3 is 0 Å². The second kappa shape index (κ2) is 8.19. The standard InChI is InChI=1S/C25H27N3O2/c1-17-15-23(18(2)28(17)22-7-5-4-6-8-22)25(30)27(21-13-14-21)16-19-9-11-20(12-10-19)24(29)26-3/h4-12,15,21H,13-14,16H2,1-3H3,(H,26,29). The summed E-state index contributed by atoms with van der Waals surface area (Å²) >= 11 is 0. The summed E-state index contributed by atoms with van der Waals surface area (Å²) in [6.45, 7) is 4.60. The number of hydrogen-bond donors (Lipinski definition) is 1. The molecule has 30 heavy (non-hydrogen) atoms. The highest BCUT2D eigenvalue weighted by Gasteiger charge is 2.34. The number of nitrogens with one attached hydrogen (secondary N) is 1. The third-order valence-electron chi connectivity index (χ3n) is 5.72. The Balaban J connectivity index is 1.60. The molecule has 1 N–H and O–H groups in total. The first-order valence-corrected chi connectivity index (χ1v) is 10.4. The molecular weight excluding hydrogens is 374 g/mol. The summed E-state index contributed by atoms with van der Waals surface area (Å²) in [6.07, 6.45) is 2.08. The Bertz CT molecular complexity index is 1060. The number of aryl methyl sites for hydroxylation is 1. The van der Waals surface area contributed by atoms with E-state index in [-0.39, 0.29) is 17.9 Å². The summed E-state index contributed by atoms with van der Waals surface area (Å²) in [7, 11) is 1.62. The van der Waals surface area contributed by atoms with Crippen LogP contribution in [0.4, 0.5) is 0 Å². The molecule has 1 aromatic heterocycles. The SMILES string of the molecule is CNC(=O)c1ccc(CN(C(=O)c2cc(C)n(-c3ccccc3)c2C)C2CC2)cc1. The molecule has 0 bridgehead atoms. The molecule has 1 saturated carbocycles. The summed E-state index contributed by atoms with van der Waals surface area (Å²) in [5.74, 6) is -0.0341. The van der Waals surface area contributed by atoms with Crippen molar-refractivity contribution < 1.29 is 9.59 Å². The molecule has 2 amide bonds. The van der Waals surface area contributed by atoms with Crippen LogP contribution >= 0.6 is 0 Å². The molecule has 5 heteroatoms. The van der Waals surface area contributed by atoms with Crippen LogP contribution < -0.4 is 5.32 Å². The third-order valence-corrected chi connectivity index (χ3v) is 5.72. The lowest BCUT2D eigenvalue weighted by Gasteiger charge is -2.23. The van der Waals surface area contributed by atoms with Crippen LogP contribution in [0.5, 0.6) is 0 Å². The van der Waals surface area contributed by atoms with Gasteiger partial charge in [-0.15, -0.1) is 0 Å². The first-order chi connectivity index (χ1) is 14.5. The highest BCUT2D eigenvalue weighted by molar-refractivity contribution is 5.96. The van der Waals surface area contributed by atoms with Gasteiger partial charge in [0.1, 0.15) is 0 Å². The van der Waals surface area contributed by atoms with Crippen molar-refractivity contribution in [3.05, 3.63) is 88.7 Å². The quantitative estimate of drug-likeness (QED) is 0.671. The Labute approximate surface area is 177 Å². The van der Waals surface area contributed by atoms with Gasteiger partial charge in [0.05, 0.1) is 5.56 Å². The van der Waals surface area contributed by atoms with Crippen LogP contribution in [0.15, 0.2) is 60.7 Å². The topological polar surface area (TPSA) is 54.3 Å². The Morgan fingerprint density at radius 1 is 1.03 bits per heavy atom. The monoisotopic (exact) mass is 401 g/mol. The van der Waals surface area contributed by atoms with Crippen LogP contribution in [0.3, 0.4) is 0 Å². The van der Waals surface area contributed by atoms with Gasteiger partial charge in [0, 0.05) is 42.3 Å². The van der Waals surface area contributed by atoms with Gasteiger partial charge in [-0.2, -0.15) is 0 Å². The Kier molecular flexibility index (Phi) is 5.44. The van der Waals surface area contributed by atoms with Crippen molar-refractivity contribution in [2.75, 3.05) is 7.05 Å². The summed E-state index contributed by atoms with van der Waals surface area (Å²) in [5.41, 5.74) is 5.48. The normalized spacial score (nSPS) is 13.2. The second-order valence-corrected chi connectivity index (χ2v) is 7.90. The number of carbonyl (C=O) groups is 2. The molecule has 3 aromatic rings. The number of para-hydroxylation sites is 1. The van der Waals surface area contributed by atoms with Crippen molar-refractivity contribution in [1.29, 1.82) is 0 Å². The van der Waals surface area contributed by atoms with E-state index in [1.165, 1.54) is 0 Å². The smallest absolute Gasteiger partial charge is 0.256 e. The lowest BCUT2D eigenvalue weighted by molar-refractivity contribution is 0.0728. The summed E-state index contributed by atoms with van der Waals surface area (Å²) in [6, 6.07) is 19.9. The Morgan fingerprint density at radius 3 is 2.30 bits per heavy atom. The Morgan fingerprint density at radius 2 is 1.70 bits per heavy atom. The van der Waals surface area contributed by atoms with E-state index in [0.29, 0.717) is 12.1 Å². The fraction of sp³-hybridized carbons (Fsp3) is 0.280. The van der Waals surface area contributed by atoms with Gasteiger partial charge in [0.2, 0.25) is 0 Å². The minimum Gasteiger partial charge on any atom is -0.355 e. The van der Waals surface area contributed by atoms with Gasteiger partial charge in [0.15, 0.2) is 0 Å². The molecule has 2 aromatic carbocycles. The molecule has 0 spiro atoms. The van der Waals surface area contributed by atoms with Gasteiger partial charge in [-0.1, -0.05) is 30.3 Å². The van der Waals surface area contributed by atoms with E-state index < -0.39 is 0 Å². The number of carbonyl (C=O) groups excluding carboxylic acids is 2. The molecular formula is C25H27N3O2. The maximum atomic E-state index is 13.5. The lowest BCUT2D eigenvalue weighted by Crippen LogP contribution is -2.33. The number of aromatic nitrogens is 1. The average Bonchev–Trinajstić information content (AvgIpc) is 3.56. The van der Waals surface area contributed by atoms with Gasteiger partial charge < -0.3 is 14.8 Å². The predicted molar refractivity (Wildman–Crippen MR) is 118 cm³/mol. The van der Waals surface area contributed by atoms with Crippen LogP contribution in [-0.2, 0) is 6.54 Å². The van der Waals surface area contributed by atoms with Crippen LogP contribution in [-0.4, -0.2) is 34.4 Å². The number of benzene rings is 2. The number of amides is 2. The number of nitrogens with zero attached hydrogens (tertiary/aromatic N) is 2. The Hall–Kier alpha value is -3.34.